The Bertz CT molecular complexity index is 1810. The number of carbonyl (C=O) groups is 3. The zero-order chi connectivity index (χ0) is 61.9. The molecule has 0 aliphatic heterocycles. The molecule has 85 heavy (non-hydrogen) atoms. The number of ether oxygens (including phenoxy) is 4. The van der Waals surface area contributed by atoms with Crippen molar-refractivity contribution in [1.29, 1.82) is 0 Å². The van der Waals surface area contributed by atoms with Crippen LogP contribution in [0.25, 0.3) is 0 Å². The average Bonchev–Trinajstić information content (AvgIpc) is 3.48. The van der Waals surface area contributed by atoms with E-state index in [4.69, 9.17) is 18.9 Å². The molecular weight excluding hydrogens is 1050 g/mol. The Morgan fingerprint density at radius 2 is 0.671 bits per heavy atom. The Morgan fingerprint density at radius 3 is 1.00 bits per heavy atom. The van der Waals surface area contributed by atoms with Gasteiger partial charge in [-0.2, -0.15) is 0 Å². The van der Waals surface area contributed by atoms with Crippen LogP contribution in [0.3, 0.4) is 0 Å². The van der Waals surface area contributed by atoms with Crippen LogP contribution in [0.1, 0.15) is 284 Å². The maximum atomic E-state index is 12.9. The van der Waals surface area contributed by atoms with E-state index < -0.39 is 24.3 Å². The number of allylic oxidation sites excluding steroid dienone is 20. The third-order valence-electron chi connectivity index (χ3n) is 14.7. The Kier molecular flexibility index (Phi) is 62.3. The van der Waals surface area contributed by atoms with Gasteiger partial charge in [0.2, 0.25) is 0 Å². The number of esters is 2. The summed E-state index contributed by atoms with van der Waals surface area (Å²) in [6.45, 7) is 4.62. The fraction of sp³-hybridized carbons (Fsp3) is 0.697. The normalized spacial score (nSPS) is 13.5. The van der Waals surface area contributed by atoms with E-state index in [0.29, 0.717) is 17.4 Å². The van der Waals surface area contributed by atoms with Crippen molar-refractivity contribution in [1.82, 2.24) is 0 Å². The topological polar surface area (TPSA) is 111 Å². The highest BCUT2D eigenvalue weighted by Gasteiger charge is 2.22. The Balaban J connectivity index is 4.18. The van der Waals surface area contributed by atoms with Crippen LogP contribution < -0.4 is 5.11 Å². The smallest absolute Gasteiger partial charge is 0.306 e. The molecule has 0 spiro atoms. The van der Waals surface area contributed by atoms with Crippen molar-refractivity contribution in [2.24, 2.45) is 0 Å². The van der Waals surface area contributed by atoms with Gasteiger partial charge in [0.25, 0.3) is 0 Å². The second-order valence-corrected chi connectivity index (χ2v) is 24.1. The third-order valence-corrected chi connectivity index (χ3v) is 14.7. The van der Waals surface area contributed by atoms with Crippen LogP contribution in [-0.4, -0.2) is 82.3 Å². The predicted octanol–water partition coefficient (Wildman–Crippen LogP) is 20.2. The molecule has 0 aromatic rings. The summed E-state index contributed by atoms with van der Waals surface area (Å²) in [5.74, 6) is -2.30. The molecule has 0 fully saturated rings. The van der Waals surface area contributed by atoms with Gasteiger partial charge >= 0.3 is 11.9 Å². The molecule has 0 aliphatic carbocycles. The highest BCUT2D eigenvalue weighted by Crippen LogP contribution is 2.17. The molecule has 2 unspecified atom stereocenters. The van der Waals surface area contributed by atoms with Crippen molar-refractivity contribution in [2.45, 2.75) is 296 Å². The van der Waals surface area contributed by atoms with Crippen molar-refractivity contribution in [3.63, 3.8) is 0 Å². The molecule has 0 aliphatic rings. The molecule has 0 amide bonds. The van der Waals surface area contributed by atoms with Crippen LogP contribution in [0.2, 0.25) is 0 Å². The van der Waals surface area contributed by atoms with Gasteiger partial charge in [-0.1, -0.05) is 283 Å². The lowest BCUT2D eigenvalue weighted by molar-refractivity contribution is -0.870. The molecule has 0 radical (unpaired) electrons. The van der Waals surface area contributed by atoms with Gasteiger partial charge in [0.15, 0.2) is 12.4 Å². The maximum absolute atomic E-state index is 12.9. The standard InChI is InChI=1S/C76H129NO8/c1-6-8-10-12-14-16-18-20-22-24-26-28-30-32-34-36-37-39-40-42-44-46-48-50-52-54-56-58-60-62-64-66-73(78)83-70-72(71-84-76(75(80)81)82-69-68-77(3,4)5)85-74(79)67-65-63-61-59-57-55-53-51-49-47-45-43-41-38-35-33-31-29-27-25-23-21-19-17-15-13-11-9-7-2/h9,11,15,17-18,20-21,23-24,26-27,29-30,32-33,35,41,43,47,49,72,76H,6-8,10,12-14,16,19,22,25,28,31,34,36-40,42,44-46,48,50-71H2,1-5H3/b11-9-,17-15-,20-18-,23-21-,26-24-,29-27-,32-30-,35-33-,43-41-,49-47-. The van der Waals surface area contributed by atoms with Gasteiger partial charge in [-0.05, 0) is 109 Å². The SMILES string of the molecule is CC/C=C\C/C=C\C/C=C\C/C=C\C/C=C\C/C=C\C/C=C\CCCCCCCCCC(=O)OC(COC(=O)CCCCCCCCCCCCCCCCCC/C=C\C/C=C\C/C=C\CCCCCCC)COC(OCC[N+](C)(C)C)C(=O)[O-]. The molecule has 0 N–H and O–H groups in total. The number of carbonyl (C=O) groups excluding carboxylic acids is 3. The van der Waals surface area contributed by atoms with Crippen LogP contribution in [0.15, 0.2) is 122 Å². The van der Waals surface area contributed by atoms with Gasteiger partial charge in [0.1, 0.15) is 13.2 Å². The monoisotopic (exact) mass is 1180 g/mol. The van der Waals surface area contributed by atoms with E-state index in [1.807, 2.05) is 21.1 Å². The van der Waals surface area contributed by atoms with E-state index in [0.717, 1.165) is 103 Å². The lowest BCUT2D eigenvalue weighted by atomic mass is 10.0. The van der Waals surface area contributed by atoms with Crippen molar-refractivity contribution in [2.75, 3.05) is 47.5 Å². The van der Waals surface area contributed by atoms with Crippen molar-refractivity contribution in [3.8, 4) is 0 Å². The second-order valence-electron chi connectivity index (χ2n) is 24.1. The zero-order valence-electron chi connectivity index (χ0n) is 55.4. The van der Waals surface area contributed by atoms with Crippen molar-refractivity contribution < 1.29 is 42.9 Å². The first-order chi connectivity index (χ1) is 41.6. The number of hydrogen-bond acceptors (Lipinski definition) is 8. The first-order valence-corrected chi connectivity index (χ1v) is 34.7. The largest absolute Gasteiger partial charge is 0.545 e. The minimum atomic E-state index is -1.63. The van der Waals surface area contributed by atoms with Crippen LogP contribution in [0.4, 0.5) is 0 Å². The number of rotatable bonds is 63. The number of aliphatic carboxylic acids is 1. The number of quaternary nitrogens is 1. The molecule has 0 heterocycles. The molecule has 0 aromatic carbocycles. The summed E-state index contributed by atoms with van der Waals surface area (Å²) < 4.78 is 22.8. The Hall–Kier alpha value is -4.31. The summed E-state index contributed by atoms with van der Waals surface area (Å²) in [4.78, 5) is 37.5. The maximum Gasteiger partial charge on any atom is 0.306 e. The van der Waals surface area contributed by atoms with Gasteiger partial charge < -0.3 is 33.3 Å². The number of unbranched alkanes of at least 4 members (excludes halogenated alkanes) is 28. The first kappa shape index (κ1) is 80.7. The molecule has 486 valence electrons. The van der Waals surface area contributed by atoms with Crippen LogP contribution in [-0.2, 0) is 33.3 Å². The van der Waals surface area contributed by atoms with Gasteiger partial charge in [-0.15, -0.1) is 0 Å². The van der Waals surface area contributed by atoms with Crippen molar-refractivity contribution in [3.05, 3.63) is 122 Å². The van der Waals surface area contributed by atoms with E-state index >= 15 is 0 Å². The molecule has 0 saturated heterocycles. The van der Waals surface area contributed by atoms with E-state index in [2.05, 4.69) is 135 Å². The molecule has 0 aromatic heterocycles. The molecule has 9 heteroatoms. The summed E-state index contributed by atoms with van der Waals surface area (Å²) in [6, 6.07) is 0. The minimum Gasteiger partial charge on any atom is -0.545 e. The molecule has 9 nitrogen and oxygen atoms in total. The Morgan fingerprint density at radius 1 is 0.365 bits per heavy atom. The van der Waals surface area contributed by atoms with E-state index in [1.165, 1.54) is 148 Å². The third kappa shape index (κ3) is 67.1. The first-order valence-electron chi connectivity index (χ1n) is 34.7. The van der Waals surface area contributed by atoms with Crippen molar-refractivity contribution >= 4 is 17.9 Å². The average molecular weight is 1180 g/mol. The van der Waals surface area contributed by atoms with Gasteiger partial charge in [-0.3, -0.25) is 9.59 Å². The summed E-state index contributed by atoms with van der Waals surface area (Å²) in [5, 5.41) is 11.8. The van der Waals surface area contributed by atoms with Crippen LogP contribution >= 0.6 is 0 Å². The molecule has 0 bridgehead atoms. The van der Waals surface area contributed by atoms with Gasteiger partial charge in [0.05, 0.1) is 40.3 Å². The molecule has 2 atom stereocenters. The molecule has 0 rings (SSSR count). The highest BCUT2D eigenvalue weighted by molar-refractivity contribution is 5.70. The second kappa shape index (κ2) is 65.7. The number of nitrogens with zero attached hydrogens (tertiary/aromatic N) is 1. The minimum absolute atomic E-state index is 0.140. The lowest BCUT2D eigenvalue weighted by Crippen LogP contribution is -2.44. The number of likely N-dealkylation sites (N-methyl/N-ethyl adjacent to an activating group) is 1. The van der Waals surface area contributed by atoms with Crippen LogP contribution in [0.5, 0.6) is 0 Å². The highest BCUT2D eigenvalue weighted by atomic mass is 16.7. The van der Waals surface area contributed by atoms with E-state index in [9.17, 15) is 19.5 Å². The molecular formula is C76H129NO8. The summed E-state index contributed by atoms with van der Waals surface area (Å²) in [7, 11) is 5.92. The molecule has 0 saturated carbocycles. The van der Waals surface area contributed by atoms with Gasteiger partial charge in [-0.25, -0.2) is 0 Å². The number of hydrogen-bond donors (Lipinski definition) is 0. The lowest BCUT2D eigenvalue weighted by Gasteiger charge is -2.26. The van der Waals surface area contributed by atoms with Crippen LogP contribution in [0, 0.1) is 0 Å². The van der Waals surface area contributed by atoms with E-state index in [-0.39, 0.29) is 38.6 Å². The van der Waals surface area contributed by atoms with E-state index in [1.54, 1.807) is 0 Å². The summed E-state index contributed by atoms with van der Waals surface area (Å²) >= 11 is 0. The fourth-order valence-electron chi connectivity index (χ4n) is 9.41. The summed E-state index contributed by atoms with van der Waals surface area (Å²) in [6.07, 6.45) is 89.8. The quantitative estimate of drug-likeness (QED) is 0.0195. The summed E-state index contributed by atoms with van der Waals surface area (Å²) in [5.41, 5.74) is 0. The Labute approximate surface area is 523 Å². The fourth-order valence-corrected chi connectivity index (χ4v) is 9.41. The number of carboxylic acids is 1. The van der Waals surface area contributed by atoms with Gasteiger partial charge in [0, 0.05) is 12.8 Å². The zero-order valence-corrected chi connectivity index (χ0v) is 55.4. The number of carboxylic acid groups (broad SMARTS) is 1. The predicted molar refractivity (Wildman–Crippen MR) is 361 cm³/mol.